The average molecular weight is 317 g/mol. The topological polar surface area (TPSA) is 53.3 Å². The molecular weight excluding hydrogens is 290 g/mol. The van der Waals surface area contributed by atoms with Gasteiger partial charge in [-0.25, -0.2) is 0 Å². The molecule has 23 heavy (non-hydrogen) atoms. The van der Waals surface area contributed by atoms with Crippen molar-refractivity contribution < 1.29 is 0 Å². The van der Waals surface area contributed by atoms with E-state index in [9.17, 15) is 0 Å². The smallest absolute Gasteiger partial charge is 0.229 e. The lowest BCUT2D eigenvalue weighted by Gasteiger charge is -2.35. The summed E-state index contributed by atoms with van der Waals surface area (Å²) in [6, 6.07) is 0. The second-order valence-electron chi connectivity index (χ2n) is 5.95. The standard InChI is InChI=1S/C16H27N7/c1-5-21-8-10-23(11-9-21)15-13-12-17-20(4)14(13)18-16(19-15)22(6-2)7-3/h12H,5-11H2,1-4H3. The van der Waals surface area contributed by atoms with Crippen LogP contribution in [0, 0.1) is 0 Å². The Hall–Kier alpha value is -1.89. The summed E-state index contributed by atoms with van der Waals surface area (Å²) in [7, 11) is 1.94. The van der Waals surface area contributed by atoms with Crippen LogP contribution in [0.1, 0.15) is 20.8 Å². The van der Waals surface area contributed by atoms with Gasteiger partial charge in [0.2, 0.25) is 5.95 Å². The van der Waals surface area contributed by atoms with E-state index < -0.39 is 0 Å². The summed E-state index contributed by atoms with van der Waals surface area (Å²) in [5, 5.41) is 5.44. The molecule has 0 aromatic carbocycles. The number of aryl methyl sites for hydroxylation is 1. The summed E-state index contributed by atoms with van der Waals surface area (Å²) in [4.78, 5) is 16.7. The molecule has 2 aromatic heterocycles. The van der Waals surface area contributed by atoms with Crippen molar-refractivity contribution in [1.29, 1.82) is 0 Å². The molecule has 126 valence electrons. The number of hydrogen-bond donors (Lipinski definition) is 0. The molecule has 0 N–H and O–H groups in total. The zero-order valence-electron chi connectivity index (χ0n) is 14.7. The molecule has 1 aliphatic heterocycles. The number of hydrogen-bond acceptors (Lipinski definition) is 6. The molecule has 0 amide bonds. The normalized spacial score (nSPS) is 16.3. The lowest BCUT2D eigenvalue weighted by molar-refractivity contribution is 0.271. The van der Waals surface area contributed by atoms with Gasteiger partial charge in [0.1, 0.15) is 5.82 Å². The number of aromatic nitrogens is 4. The maximum atomic E-state index is 4.90. The predicted molar refractivity (Wildman–Crippen MR) is 94.2 cm³/mol. The Bertz CT molecular complexity index is 654. The van der Waals surface area contributed by atoms with E-state index in [0.29, 0.717) is 0 Å². The van der Waals surface area contributed by atoms with E-state index in [1.807, 2.05) is 17.9 Å². The second-order valence-corrected chi connectivity index (χ2v) is 5.95. The fraction of sp³-hybridized carbons (Fsp3) is 0.688. The van der Waals surface area contributed by atoms with Gasteiger partial charge in [0.15, 0.2) is 5.65 Å². The first kappa shape index (κ1) is 16.0. The highest BCUT2D eigenvalue weighted by Gasteiger charge is 2.22. The van der Waals surface area contributed by atoms with E-state index in [1.165, 1.54) is 0 Å². The number of rotatable bonds is 5. The number of anilines is 2. The molecule has 0 atom stereocenters. The van der Waals surface area contributed by atoms with Gasteiger partial charge in [-0.2, -0.15) is 15.1 Å². The summed E-state index contributed by atoms with van der Waals surface area (Å²) >= 11 is 0. The molecule has 2 aromatic rings. The molecule has 1 aliphatic rings. The third-order valence-corrected chi connectivity index (χ3v) is 4.73. The Morgan fingerprint density at radius 1 is 1.04 bits per heavy atom. The van der Waals surface area contributed by atoms with Gasteiger partial charge in [-0.05, 0) is 20.4 Å². The summed E-state index contributed by atoms with van der Waals surface area (Å²) in [5.41, 5.74) is 0.912. The number of piperazine rings is 1. The Labute approximate surface area is 137 Å². The molecule has 7 nitrogen and oxygen atoms in total. The largest absolute Gasteiger partial charge is 0.353 e. The molecule has 0 unspecified atom stereocenters. The molecule has 1 fully saturated rings. The van der Waals surface area contributed by atoms with Crippen molar-refractivity contribution in [3.8, 4) is 0 Å². The number of likely N-dealkylation sites (N-methyl/N-ethyl adjacent to an activating group) is 1. The van der Waals surface area contributed by atoms with E-state index in [4.69, 9.17) is 9.97 Å². The van der Waals surface area contributed by atoms with Crippen LogP contribution < -0.4 is 9.80 Å². The summed E-state index contributed by atoms with van der Waals surface area (Å²) in [6.45, 7) is 13.6. The quantitative estimate of drug-likeness (QED) is 0.830. The van der Waals surface area contributed by atoms with E-state index in [1.54, 1.807) is 0 Å². The summed E-state index contributed by atoms with van der Waals surface area (Å²) in [5.74, 6) is 1.83. The van der Waals surface area contributed by atoms with Crippen LogP contribution in [0.25, 0.3) is 11.0 Å². The predicted octanol–water partition coefficient (Wildman–Crippen LogP) is 1.35. The molecule has 3 heterocycles. The van der Waals surface area contributed by atoms with Crippen LogP contribution in [-0.2, 0) is 7.05 Å². The summed E-state index contributed by atoms with van der Waals surface area (Å²) in [6.07, 6.45) is 1.89. The first-order valence-corrected chi connectivity index (χ1v) is 8.59. The van der Waals surface area contributed by atoms with Gasteiger partial charge in [-0.15, -0.1) is 0 Å². The highest BCUT2D eigenvalue weighted by Crippen LogP contribution is 2.27. The van der Waals surface area contributed by atoms with Gasteiger partial charge in [0.25, 0.3) is 0 Å². The Morgan fingerprint density at radius 3 is 2.35 bits per heavy atom. The number of nitrogens with zero attached hydrogens (tertiary/aromatic N) is 7. The minimum atomic E-state index is 0.805. The lowest BCUT2D eigenvalue weighted by atomic mass is 10.3. The third-order valence-electron chi connectivity index (χ3n) is 4.73. The van der Waals surface area contributed by atoms with Gasteiger partial charge >= 0.3 is 0 Å². The number of fused-ring (bicyclic) bond motifs is 1. The lowest BCUT2D eigenvalue weighted by Crippen LogP contribution is -2.46. The Morgan fingerprint density at radius 2 is 1.74 bits per heavy atom. The first-order valence-electron chi connectivity index (χ1n) is 8.59. The maximum absolute atomic E-state index is 4.90. The molecule has 0 saturated carbocycles. The maximum Gasteiger partial charge on any atom is 0.229 e. The molecule has 0 spiro atoms. The molecule has 1 saturated heterocycles. The monoisotopic (exact) mass is 317 g/mol. The van der Waals surface area contributed by atoms with E-state index in [0.717, 1.165) is 68.6 Å². The van der Waals surface area contributed by atoms with Gasteiger partial charge < -0.3 is 14.7 Å². The van der Waals surface area contributed by atoms with Crippen molar-refractivity contribution >= 4 is 22.8 Å². The van der Waals surface area contributed by atoms with Gasteiger partial charge in [-0.3, -0.25) is 4.68 Å². The van der Waals surface area contributed by atoms with Crippen LogP contribution >= 0.6 is 0 Å². The Kier molecular flexibility index (Phi) is 4.66. The SMILES string of the molecule is CCN1CCN(c2nc(N(CC)CC)nc3c2cnn3C)CC1. The fourth-order valence-electron chi connectivity index (χ4n) is 3.16. The Balaban J connectivity index is 2.01. The zero-order valence-corrected chi connectivity index (χ0v) is 14.7. The third kappa shape index (κ3) is 2.97. The van der Waals surface area contributed by atoms with Crippen LogP contribution in [-0.4, -0.2) is 70.5 Å². The van der Waals surface area contributed by atoms with Crippen LogP contribution in [0.4, 0.5) is 11.8 Å². The van der Waals surface area contributed by atoms with Crippen LogP contribution in [0.2, 0.25) is 0 Å². The molecule has 0 bridgehead atoms. The van der Waals surface area contributed by atoms with Crippen LogP contribution in [0.15, 0.2) is 6.20 Å². The van der Waals surface area contributed by atoms with Crippen LogP contribution in [0.5, 0.6) is 0 Å². The van der Waals surface area contributed by atoms with Gasteiger partial charge in [0.05, 0.1) is 11.6 Å². The minimum Gasteiger partial charge on any atom is -0.353 e. The molecule has 0 aliphatic carbocycles. The summed E-state index contributed by atoms with van der Waals surface area (Å²) < 4.78 is 1.84. The van der Waals surface area contributed by atoms with Crippen LogP contribution in [0.3, 0.4) is 0 Å². The second kappa shape index (κ2) is 6.70. The van der Waals surface area contributed by atoms with E-state index in [2.05, 4.69) is 40.6 Å². The van der Waals surface area contributed by atoms with Gasteiger partial charge in [0, 0.05) is 46.3 Å². The van der Waals surface area contributed by atoms with Crippen molar-refractivity contribution in [1.82, 2.24) is 24.6 Å². The molecule has 7 heteroatoms. The molecule has 0 radical (unpaired) electrons. The average Bonchev–Trinajstić information content (AvgIpc) is 2.97. The van der Waals surface area contributed by atoms with E-state index in [-0.39, 0.29) is 0 Å². The van der Waals surface area contributed by atoms with Gasteiger partial charge in [-0.1, -0.05) is 6.92 Å². The van der Waals surface area contributed by atoms with Crippen molar-refractivity contribution in [3.05, 3.63) is 6.20 Å². The van der Waals surface area contributed by atoms with Crippen molar-refractivity contribution in [2.24, 2.45) is 7.05 Å². The minimum absolute atomic E-state index is 0.805. The zero-order chi connectivity index (χ0) is 16.4. The van der Waals surface area contributed by atoms with Crippen molar-refractivity contribution in [3.63, 3.8) is 0 Å². The fourth-order valence-corrected chi connectivity index (χ4v) is 3.16. The highest BCUT2D eigenvalue weighted by molar-refractivity contribution is 5.88. The molecular formula is C16H27N7. The van der Waals surface area contributed by atoms with E-state index >= 15 is 0 Å². The molecule has 3 rings (SSSR count). The first-order chi connectivity index (χ1) is 11.2. The highest BCUT2D eigenvalue weighted by atomic mass is 15.4. The van der Waals surface area contributed by atoms with Crippen molar-refractivity contribution in [2.75, 3.05) is 55.6 Å². The van der Waals surface area contributed by atoms with Crippen molar-refractivity contribution in [2.45, 2.75) is 20.8 Å².